The number of carbonyl (C=O) groups is 1. The molecule has 0 aliphatic rings. The molecule has 1 N–H and O–H groups in total. The molecule has 1 aromatic heterocycles. The molecule has 0 aromatic carbocycles. The van der Waals surface area contributed by atoms with Crippen LogP contribution in [-0.4, -0.2) is 28.7 Å². The average Bonchev–Trinajstić information content (AvgIpc) is 2.12. The van der Waals surface area contributed by atoms with Gasteiger partial charge in [0.25, 0.3) is 0 Å². The summed E-state index contributed by atoms with van der Waals surface area (Å²) < 4.78 is 0. The molecular weight excluding hydrogens is 198 g/mol. The van der Waals surface area contributed by atoms with Crippen molar-refractivity contribution < 1.29 is 4.79 Å². The maximum Gasteiger partial charge on any atom is 0.230 e. The lowest BCUT2D eigenvalue weighted by atomic mass is 10.4. The number of nitrogens with zero attached hydrogens (tertiary/aromatic N) is 2. The number of thioether (sulfide) groups is 1. The van der Waals surface area contributed by atoms with Crippen LogP contribution in [0, 0.1) is 13.8 Å². The molecule has 0 aliphatic carbocycles. The molecule has 5 heteroatoms. The van der Waals surface area contributed by atoms with Gasteiger partial charge in [0.05, 0.1) is 5.75 Å². The minimum atomic E-state index is -0.0160. The highest BCUT2D eigenvalue weighted by Crippen LogP contribution is 2.13. The van der Waals surface area contributed by atoms with Crippen molar-refractivity contribution in [1.29, 1.82) is 0 Å². The number of amides is 1. The van der Waals surface area contributed by atoms with Crippen LogP contribution in [-0.2, 0) is 4.79 Å². The summed E-state index contributed by atoms with van der Waals surface area (Å²) in [7, 11) is 1.62. The molecule has 0 bridgehead atoms. The van der Waals surface area contributed by atoms with E-state index in [1.807, 2.05) is 19.9 Å². The molecule has 4 nitrogen and oxygen atoms in total. The Morgan fingerprint density at radius 3 is 2.50 bits per heavy atom. The number of aromatic nitrogens is 2. The van der Waals surface area contributed by atoms with Crippen molar-refractivity contribution in [2.24, 2.45) is 0 Å². The fourth-order valence-electron chi connectivity index (χ4n) is 0.960. The van der Waals surface area contributed by atoms with Crippen molar-refractivity contribution in [1.82, 2.24) is 15.3 Å². The number of rotatable bonds is 3. The summed E-state index contributed by atoms with van der Waals surface area (Å²) in [6.45, 7) is 3.83. The second-order valence-corrected chi connectivity index (χ2v) is 3.84. The monoisotopic (exact) mass is 211 g/mol. The Balaban J connectivity index is 2.63. The Morgan fingerprint density at radius 1 is 1.43 bits per heavy atom. The van der Waals surface area contributed by atoms with Crippen molar-refractivity contribution in [2.75, 3.05) is 12.8 Å². The first-order valence-electron chi connectivity index (χ1n) is 4.27. The zero-order chi connectivity index (χ0) is 10.6. The summed E-state index contributed by atoms with van der Waals surface area (Å²) in [6, 6.07) is 1.91. The van der Waals surface area contributed by atoms with Crippen molar-refractivity contribution in [2.45, 2.75) is 19.0 Å². The molecule has 0 saturated carbocycles. The predicted octanol–water partition coefficient (Wildman–Crippen LogP) is 0.932. The zero-order valence-electron chi connectivity index (χ0n) is 8.50. The number of aryl methyl sites for hydroxylation is 2. The lowest BCUT2D eigenvalue weighted by Gasteiger charge is -2.01. The molecule has 14 heavy (non-hydrogen) atoms. The quantitative estimate of drug-likeness (QED) is 0.597. The largest absolute Gasteiger partial charge is 0.358 e. The summed E-state index contributed by atoms with van der Waals surface area (Å²) in [6.07, 6.45) is 0. The van der Waals surface area contributed by atoms with Crippen LogP contribution >= 0.6 is 11.8 Å². The molecule has 0 unspecified atom stereocenters. The maximum absolute atomic E-state index is 11.0. The highest BCUT2D eigenvalue weighted by Gasteiger charge is 2.03. The lowest BCUT2D eigenvalue weighted by Crippen LogP contribution is -2.19. The second kappa shape index (κ2) is 4.95. The predicted molar refractivity (Wildman–Crippen MR) is 56.3 cm³/mol. The summed E-state index contributed by atoms with van der Waals surface area (Å²) in [5.74, 6) is 0.345. The van der Waals surface area contributed by atoms with E-state index >= 15 is 0 Å². The van der Waals surface area contributed by atoms with Gasteiger partial charge in [0.1, 0.15) is 0 Å². The summed E-state index contributed by atoms with van der Waals surface area (Å²) in [4.78, 5) is 19.4. The van der Waals surface area contributed by atoms with E-state index in [2.05, 4.69) is 15.3 Å². The minimum Gasteiger partial charge on any atom is -0.358 e. The van der Waals surface area contributed by atoms with Gasteiger partial charge >= 0.3 is 0 Å². The van der Waals surface area contributed by atoms with Crippen LogP contribution in [0.5, 0.6) is 0 Å². The first-order valence-corrected chi connectivity index (χ1v) is 5.26. The van der Waals surface area contributed by atoms with Crippen LogP contribution in [0.4, 0.5) is 0 Å². The number of hydrogen-bond donors (Lipinski definition) is 1. The molecule has 0 aliphatic heterocycles. The van der Waals surface area contributed by atoms with Crippen molar-refractivity contribution in [3.05, 3.63) is 17.5 Å². The molecule has 0 spiro atoms. The molecule has 0 fully saturated rings. The second-order valence-electron chi connectivity index (χ2n) is 2.90. The van der Waals surface area contributed by atoms with Gasteiger partial charge < -0.3 is 5.32 Å². The first kappa shape index (κ1) is 11.0. The van der Waals surface area contributed by atoms with E-state index in [4.69, 9.17) is 0 Å². The van der Waals surface area contributed by atoms with Crippen molar-refractivity contribution >= 4 is 17.7 Å². The molecule has 0 radical (unpaired) electrons. The Hall–Kier alpha value is -1.10. The summed E-state index contributed by atoms with van der Waals surface area (Å²) in [5, 5.41) is 3.21. The summed E-state index contributed by atoms with van der Waals surface area (Å²) in [5.41, 5.74) is 1.86. The third kappa shape index (κ3) is 3.33. The highest BCUT2D eigenvalue weighted by molar-refractivity contribution is 7.99. The van der Waals surface area contributed by atoms with E-state index in [1.54, 1.807) is 7.05 Å². The van der Waals surface area contributed by atoms with E-state index in [9.17, 15) is 4.79 Å². The van der Waals surface area contributed by atoms with Gasteiger partial charge in [0, 0.05) is 18.4 Å². The Morgan fingerprint density at radius 2 is 2.00 bits per heavy atom. The van der Waals surface area contributed by atoms with Crippen LogP contribution < -0.4 is 5.32 Å². The Labute approximate surface area is 87.5 Å². The third-order valence-corrected chi connectivity index (χ3v) is 2.42. The molecule has 0 saturated heterocycles. The van der Waals surface area contributed by atoms with Gasteiger partial charge in [-0.15, -0.1) is 0 Å². The minimum absolute atomic E-state index is 0.0160. The summed E-state index contributed by atoms with van der Waals surface area (Å²) >= 11 is 1.35. The van der Waals surface area contributed by atoms with Gasteiger partial charge in [-0.3, -0.25) is 4.79 Å². The molecule has 1 aromatic rings. The Kier molecular flexibility index (Phi) is 3.88. The smallest absolute Gasteiger partial charge is 0.230 e. The van der Waals surface area contributed by atoms with E-state index in [0.29, 0.717) is 10.9 Å². The van der Waals surface area contributed by atoms with Crippen molar-refractivity contribution in [3.63, 3.8) is 0 Å². The average molecular weight is 211 g/mol. The van der Waals surface area contributed by atoms with Gasteiger partial charge in [-0.05, 0) is 19.9 Å². The molecular formula is C9H13N3OS. The van der Waals surface area contributed by atoms with E-state index in [-0.39, 0.29) is 5.91 Å². The van der Waals surface area contributed by atoms with E-state index in [1.165, 1.54) is 11.8 Å². The van der Waals surface area contributed by atoms with E-state index < -0.39 is 0 Å². The lowest BCUT2D eigenvalue weighted by molar-refractivity contribution is -0.118. The fraction of sp³-hybridized carbons (Fsp3) is 0.444. The first-order chi connectivity index (χ1) is 6.61. The number of nitrogens with one attached hydrogen (secondary N) is 1. The van der Waals surface area contributed by atoms with Crippen LogP contribution in [0.1, 0.15) is 11.4 Å². The zero-order valence-corrected chi connectivity index (χ0v) is 9.31. The van der Waals surface area contributed by atoms with Gasteiger partial charge in [-0.2, -0.15) is 0 Å². The Bertz CT molecular complexity index is 321. The van der Waals surface area contributed by atoms with E-state index in [0.717, 1.165) is 11.4 Å². The van der Waals surface area contributed by atoms with Gasteiger partial charge in [0.2, 0.25) is 5.91 Å². The normalized spacial score (nSPS) is 9.93. The highest BCUT2D eigenvalue weighted by atomic mass is 32.2. The van der Waals surface area contributed by atoms with Gasteiger partial charge in [-0.1, -0.05) is 11.8 Å². The van der Waals surface area contributed by atoms with Crippen LogP contribution in [0.25, 0.3) is 0 Å². The SMILES string of the molecule is CNC(=O)CSc1nc(C)cc(C)n1. The maximum atomic E-state index is 11.0. The van der Waals surface area contributed by atoms with Crippen LogP contribution in [0.2, 0.25) is 0 Å². The van der Waals surface area contributed by atoms with Crippen molar-refractivity contribution in [3.8, 4) is 0 Å². The molecule has 76 valence electrons. The van der Waals surface area contributed by atoms with Crippen LogP contribution in [0.15, 0.2) is 11.2 Å². The number of carbonyl (C=O) groups excluding carboxylic acids is 1. The number of hydrogen-bond acceptors (Lipinski definition) is 4. The van der Waals surface area contributed by atoms with Crippen LogP contribution in [0.3, 0.4) is 0 Å². The molecule has 1 heterocycles. The topological polar surface area (TPSA) is 54.9 Å². The molecule has 1 rings (SSSR count). The van der Waals surface area contributed by atoms with Gasteiger partial charge in [-0.25, -0.2) is 9.97 Å². The third-order valence-electron chi connectivity index (χ3n) is 1.57. The fourth-order valence-corrected chi connectivity index (χ4v) is 1.78. The molecule has 0 atom stereocenters. The van der Waals surface area contributed by atoms with Gasteiger partial charge in [0.15, 0.2) is 5.16 Å². The standard InChI is InChI=1S/C9H13N3OS/c1-6-4-7(2)12-9(11-6)14-5-8(13)10-3/h4H,5H2,1-3H3,(H,10,13). The molecule has 1 amide bonds.